The third-order valence-electron chi connectivity index (χ3n) is 3.12. The van der Waals surface area contributed by atoms with Crippen molar-refractivity contribution in [3.63, 3.8) is 0 Å². The fourth-order valence-corrected chi connectivity index (χ4v) is 2.19. The molecule has 0 unspecified atom stereocenters. The molecule has 1 aromatic carbocycles. The largest absolute Gasteiger partial charge is 0.497 e. The quantitative estimate of drug-likeness (QED) is 0.722. The molecule has 0 aliphatic heterocycles. The van der Waals surface area contributed by atoms with Crippen LogP contribution in [0.4, 0.5) is 14.7 Å². The number of fused-ring (bicyclic) bond motifs is 1. The van der Waals surface area contributed by atoms with Gasteiger partial charge in [-0.3, -0.25) is 0 Å². The second-order valence-electron chi connectivity index (χ2n) is 4.65. The summed E-state index contributed by atoms with van der Waals surface area (Å²) >= 11 is 5.92. The van der Waals surface area contributed by atoms with E-state index >= 15 is 0 Å². The number of aromatic nitrogens is 4. The molecular weight excluding hydrogens is 328 g/mol. The fraction of sp³-hybridized carbons (Fsp3) is 0.214. The number of hydrogen-bond donors (Lipinski definition) is 1. The SMILES string of the molecule is COc1ccc(CNc2nc3nc(C(F)F)cc(Cl)n3n2)cc1. The predicted octanol–water partition coefficient (Wildman–Crippen LogP) is 3.34. The van der Waals surface area contributed by atoms with Crippen molar-refractivity contribution in [1.82, 2.24) is 19.6 Å². The molecule has 0 saturated carbocycles. The van der Waals surface area contributed by atoms with E-state index in [0.29, 0.717) is 6.54 Å². The summed E-state index contributed by atoms with van der Waals surface area (Å²) in [6.45, 7) is 0.459. The fourth-order valence-electron chi connectivity index (χ4n) is 1.96. The summed E-state index contributed by atoms with van der Waals surface area (Å²) in [5, 5.41) is 7.11. The van der Waals surface area contributed by atoms with Gasteiger partial charge in [0.2, 0.25) is 5.95 Å². The molecule has 0 fully saturated rings. The van der Waals surface area contributed by atoms with E-state index in [4.69, 9.17) is 16.3 Å². The lowest BCUT2D eigenvalue weighted by atomic mass is 10.2. The summed E-state index contributed by atoms with van der Waals surface area (Å²) < 4.78 is 31.7. The molecule has 6 nitrogen and oxygen atoms in total. The maximum absolute atomic E-state index is 12.7. The van der Waals surface area contributed by atoms with Gasteiger partial charge in [-0.25, -0.2) is 13.8 Å². The Morgan fingerprint density at radius 3 is 2.65 bits per heavy atom. The second-order valence-corrected chi connectivity index (χ2v) is 5.04. The number of hydrogen-bond acceptors (Lipinski definition) is 5. The minimum absolute atomic E-state index is 0.0185. The maximum atomic E-state index is 12.7. The molecule has 120 valence electrons. The molecule has 23 heavy (non-hydrogen) atoms. The average molecular weight is 340 g/mol. The average Bonchev–Trinajstić information content (AvgIpc) is 2.97. The molecule has 0 amide bonds. The zero-order valence-electron chi connectivity index (χ0n) is 12.0. The molecule has 1 N–H and O–H groups in total. The predicted molar refractivity (Wildman–Crippen MR) is 81.1 cm³/mol. The summed E-state index contributed by atoms with van der Waals surface area (Å²) in [6, 6.07) is 8.52. The molecule has 3 rings (SSSR count). The van der Waals surface area contributed by atoms with Crippen LogP contribution >= 0.6 is 11.6 Å². The van der Waals surface area contributed by atoms with Gasteiger partial charge in [-0.15, -0.1) is 5.10 Å². The number of halogens is 3. The number of benzene rings is 1. The lowest BCUT2D eigenvalue weighted by molar-refractivity contribution is 0.146. The molecule has 0 saturated heterocycles. The third kappa shape index (κ3) is 3.31. The van der Waals surface area contributed by atoms with Gasteiger partial charge in [0.05, 0.1) is 7.11 Å². The zero-order chi connectivity index (χ0) is 16.4. The maximum Gasteiger partial charge on any atom is 0.280 e. The Labute approximate surface area is 135 Å². The Kier molecular flexibility index (Phi) is 4.24. The number of nitrogens with one attached hydrogen (secondary N) is 1. The van der Waals surface area contributed by atoms with Gasteiger partial charge in [0.1, 0.15) is 16.6 Å². The molecule has 3 aromatic rings. The highest BCUT2D eigenvalue weighted by atomic mass is 35.5. The van der Waals surface area contributed by atoms with Crippen molar-refractivity contribution in [1.29, 1.82) is 0 Å². The Balaban J connectivity index is 1.78. The normalized spacial score (nSPS) is 11.2. The second kappa shape index (κ2) is 6.33. The highest BCUT2D eigenvalue weighted by Crippen LogP contribution is 2.21. The van der Waals surface area contributed by atoms with Crippen LogP contribution in [0, 0.1) is 0 Å². The smallest absolute Gasteiger partial charge is 0.280 e. The van der Waals surface area contributed by atoms with Gasteiger partial charge < -0.3 is 10.1 Å². The monoisotopic (exact) mass is 339 g/mol. The van der Waals surface area contributed by atoms with Crippen LogP contribution in [0.15, 0.2) is 30.3 Å². The summed E-state index contributed by atoms with van der Waals surface area (Å²) in [4.78, 5) is 7.78. The Morgan fingerprint density at radius 1 is 1.26 bits per heavy atom. The van der Waals surface area contributed by atoms with Gasteiger partial charge in [-0.05, 0) is 17.7 Å². The molecule has 0 radical (unpaired) electrons. The van der Waals surface area contributed by atoms with E-state index in [1.165, 1.54) is 4.52 Å². The van der Waals surface area contributed by atoms with Crippen LogP contribution in [0.3, 0.4) is 0 Å². The van der Waals surface area contributed by atoms with E-state index in [0.717, 1.165) is 17.4 Å². The van der Waals surface area contributed by atoms with Gasteiger partial charge in [-0.1, -0.05) is 23.7 Å². The van der Waals surface area contributed by atoms with Crippen LogP contribution in [0.2, 0.25) is 5.15 Å². The number of alkyl halides is 2. The first-order valence-corrected chi connectivity index (χ1v) is 7.03. The molecule has 0 spiro atoms. The number of rotatable bonds is 5. The first-order valence-electron chi connectivity index (χ1n) is 6.65. The molecule has 0 atom stereocenters. The Hall–Kier alpha value is -2.48. The minimum atomic E-state index is -2.72. The third-order valence-corrected chi connectivity index (χ3v) is 3.39. The number of ether oxygens (including phenoxy) is 1. The zero-order valence-corrected chi connectivity index (χ0v) is 12.8. The number of methoxy groups -OCH3 is 1. The van der Waals surface area contributed by atoms with Gasteiger partial charge in [0, 0.05) is 12.6 Å². The van der Waals surface area contributed by atoms with Gasteiger partial charge >= 0.3 is 0 Å². The highest BCUT2D eigenvalue weighted by Gasteiger charge is 2.15. The highest BCUT2D eigenvalue weighted by molar-refractivity contribution is 6.29. The van der Waals surface area contributed by atoms with Crippen LogP contribution in [-0.4, -0.2) is 26.7 Å². The molecular formula is C14H12ClF2N5O. The van der Waals surface area contributed by atoms with Crippen LogP contribution in [0.25, 0.3) is 5.78 Å². The standard InChI is InChI=1S/C14H12ClF2N5O/c1-23-9-4-2-8(3-5-9)7-18-13-20-14-19-10(12(16)17)6-11(15)22(14)21-13/h2-6,12H,7H2,1H3,(H,18,21). The first kappa shape index (κ1) is 15.4. The summed E-state index contributed by atoms with van der Waals surface area (Å²) in [7, 11) is 1.60. The summed E-state index contributed by atoms with van der Waals surface area (Å²) in [5.74, 6) is 1.03. The van der Waals surface area contributed by atoms with Gasteiger partial charge in [0.15, 0.2) is 0 Å². The van der Waals surface area contributed by atoms with Crippen LogP contribution in [0.1, 0.15) is 17.7 Å². The van der Waals surface area contributed by atoms with Crippen molar-refractivity contribution in [3.05, 3.63) is 46.7 Å². The van der Waals surface area contributed by atoms with Crippen molar-refractivity contribution < 1.29 is 13.5 Å². The lowest BCUT2D eigenvalue weighted by Gasteiger charge is -2.03. The first-order chi connectivity index (χ1) is 11.1. The van der Waals surface area contributed by atoms with Crippen molar-refractivity contribution in [3.8, 4) is 5.75 Å². The lowest BCUT2D eigenvalue weighted by Crippen LogP contribution is -2.01. The van der Waals surface area contributed by atoms with E-state index < -0.39 is 12.1 Å². The van der Waals surface area contributed by atoms with Crippen LogP contribution in [-0.2, 0) is 6.54 Å². The summed E-state index contributed by atoms with van der Waals surface area (Å²) in [5.41, 5.74) is 0.550. The molecule has 9 heteroatoms. The van der Waals surface area contributed by atoms with Crippen LogP contribution in [0.5, 0.6) is 5.75 Å². The Bertz CT molecular complexity index is 822. The van der Waals surface area contributed by atoms with E-state index in [1.54, 1.807) is 7.11 Å². The summed E-state index contributed by atoms with van der Waals surface area (Å²) in [6.07, 6.45) is -2.72. The van der Waals surface area contributed by atoms with Crippen molar-refractivity contribution >= 4 is 23.3 Å². The van der Waals surface area contributed by atoms with E-state index in [2.05, 4.69) is 20.4 Å². The molecule has 0 aliphatic rings. The minimum Gasteiger partial charge on any atom is -0.497 e. The topological polar surface area (TPSA) is 64.3 Å². The van der Waals surface area contributed by atoms with Gasteiger partial charge in [-0.2, -0.15) is 9.50 Å². The van der Waals surface area contributed by atoms with Crippen molar-refractivity contribution in [2.45, 2.75) is 13.0 Å². The Morgan fingerprint density at radius 2 is 2.00 bits per heavy atom. The molecule has 0 bridgehead atoms. The van der Waals surface area contributed by atoms with Gasteiger partial charge in [0.25, 0.3) is 12.2 Å². The van der Waals surface area contributed by atoms with Crippen molar-refractivity contribution in [2.75, 3.05) is 12.4 Å². The molecule has 2 heterocycles. The number of nitrogens with zero attached hydrogens (tertiary/aromatic N) is 4. The van der Waals surface area contributed by atoms with E-state index in [1.807, 2.05) is 24.3 Å². The van der Waals surface area contributed by atoms with E-state index in [-0.39, 0.29) is 16.9 Å². The van der Waals surface area contributed by atoms with Crippen LogP contribution < -0.4 is 10.1 Å². The molecule has 2 aromatic heterocycles. The molecule has 0 aliphatic carbocycles. The van der Waals surface area contributed by atoms with Crippen molar-refractivity contribution in [2.24, 2.45) is 0 Å². The van der Waals surface area contributed by atoms with E-state index in [9.17, 15) is 8.78 Å². The number of anilines is 1.